The number of morpholine rings is 1. The third-order valence-electron chi connectivity index (χ3n) is 3.67. The quantitative estimate of drug-likeness (QED) is 0.480. The average Bonchev–Trinajstić information content (AvgIpc) is 2.68. The van der Waals surface area contributed by atoms with Gasteiger partial charge in [0.25, 0.3) is 0 Å². The molecular weight excluding hydrogens is 497 g/mol. The van der Waals surface area contributed by atoms with Crippen molar-refractivity contribution in [2.45, 2.75) is 13.8 Å². The summed E-state index contributed by atoms with van der Waals surface area (Å²) in [7, 11) is 2.11. The number of carbonyl (C=O) groups excluding carboxylic acids is 1. The van der Waals surface area contributed by atoms with Gasteiger partial charge in [0.15, 0.2) is 0 Å². The largest absolute Gasteiger partial charge is 1.00 e. The predicted molar refractivity (Wildman–Crippen MR) is 124 cm³/mol. The van der Waals surface area contributed by atoms with Crippen LogP contribution in [-0.4, -0.2) is 74.8 Å². The van der Waals surface area contributed by atoms with E-state index in [0.29, 0.717) is 17.0 Å². The zero-order valence-corrected chi connectivity index (χ0v) is 22.6. The van der Waals surface area contributed by atoms with E-state index >= 15 is 0 Å². The first-order valence-electron chi connectivity index (χ1n) is 9.06. The summed E-state index contributed by atoms with van der Waals surface area (Å²) in [6.45, 7) is 8.31. The normalized spacial score (nSPS) is 12.8. The maximum Gasteiger partial charge on any atom is 1.00 e. The molecular formula is C20H27BBrClN2NaO5. The van der Waals surface area contributed by atoms with E-state index in [9.17, 15) is 9.59 Å². The molecule has 0 unspecified atom stereocenters. The number of ether oxygens (including phenoxy) is 2. The van der Waals surface area contributed by atoms with Crippen molar-refractivity contribution in [1.29, 1.82) is 0 Å². The van der Waals surface area contributed by atoms with Gasteiger partial charge in [0.05, 0.1) is 30.9 Å². The molecule has 165 valence electrons. The number of likely N-dealkylation sites (N-methyl/N-ethyl adjacent to an activating group) is 1. The second-order valence-electron chi connectivity index (χ2n) is 6.70. The van der Waals surface area contributed by atoms with Crippen molar-refractivity contribution in [3.8, 4) is 0 Å². The van der Waals surface area contributed by atoms with E-state index in [1.54, 1.807) is 24.4 Å². The number of rotatable bonds is 3. The van der Waals surface area contributed by atoms with Crippen molar-refractivity contribution in [3.63, 3.8) is 0 Å². The fraction of sp³-hybridized carbons (Fsp3) is 0.450. The van der Waals surface area contributed by atoms with Crippen molar-refractivity contribution in [3.05, 3.63) is 40.5 Å². The van der Waals surface area contributed by atoms with Gasteiger partial charge in [-0.3, -0.25) is 4.98 Å². The summed E-state index contributed by atoms with van der Waals surface area (Å²) in [6.07, 6.45) is 1.67. The zero-order valence-electron chi connectivity index (χ0n) is 19.3. The summed E-state index contributed by atoms with van der Waals surface area (Å²) in [5.74, 6) is -0.575. The van der Waals surface area contributed by atoms with Crippen LogP contribution in [0.5, 0.6) is 0 Å². The van der Waals surface area contributed by atoms with Crippen LogP contribution in [0, 0.1) is 5.92 Å². The van der Waals surface area contributed by atoms with Crippen LogP contribution >= 0.6 is 27.5 Å². The molecule has 1 aliphatic heterocycles. The number of hydrogen-bond donors (Lipinski definition) is 1. The Labute approximate surface area is 222 Å². The number of hydrogen-bond acceptors (Lipinski definition) is 6. The van der Waals surface area contributed by atoms with Crippen molar-refractivity contribution in [2.75, 3.05) is 40.0 Å². The first-order chi connectivity index (χ1) is 13.7. The summed E-state index contributed by atoms with van der Waals surface area (Å²) >= 11 is 8.15. The van der Waals surface area contributed by atoms with Crippen molar-refractivity contribution in [1.82, 2.24) is 9.88 Å². The van der Waals surface area contributed by atoms with E-state index < -0.39 is 11.4 Å². The van der Waals surface area contributed by atoms with Gasteiger partial charge in [-0.1, -0.05) is 19.9 Å². The first kappa shape index (κ1) is 32.5. The van der Waals surface area contributed by atoms with Crippen molar-refractivity contribution < 1.29 is 55.2 Å². The number of fused-ring (bicyclic) bond motifs is 1. The van der Waals surface area contributed by atoms with Gasteiger partial charge < -0.3 is 20.9 Å². The Morgan fingerprint density at radius 2 is 1.97 bits per heavy atom. The number of pyridine rings is 1. The van der Waals surface area contributed by atoms with E-state index in [2.05, 4.69) is 37.6 Å². The monoisotopic (exact) mass is 523 g/mol. The molecule has 0 aliphatic carbocycles. The summed E-state index contributed by atoms with van der Waals surface area (Å²) in [5, 5.41) is 9.65. The molecule has 1 aliphatic rings. The molecule has 3 radical (unpaired) electrons. The van der Waals surface area contributed by atoms with Gasteiger partial charge in [-0.15, -0.1) is 0 Å². The van der Waals surface area contributed by atoms with E-state index in [-0.39, 0.29) is 45.0 Å². The summed E-state index contributed by atoms with van der Waals surface area (Å²) in [4.78, 5) is 27.1. The second kappa shape index (κ2) is 17.8. The number of carboxylic acid groups (broad SMARTS) is 1. The van der Waals surface area contributed by atoms with Crippen LogP contribution in [-0.2, 0) is 9.47 Å². The minimum atomic E-state index is -0.934. The number of carboxylic acids is 1. The molecule has 3 rings (SSSR count). The summed E-state index contributed by atoms with van der Waals surface area (Å²) in [5.41, 5.74) is 0.313. The maximum absolute atomic E-state index is 10.8. The maximum atomic E-state index is 10.8. The summed E-state index contributed by atoms with van der Waals surface area (Å²) < 4.78 is 10.2. The van der Waals surface area contributed by atoms with Gasteiger partial charge in [0.1, 0.15) is 0 Å². The molecule has 7 nitrogen and oxygen atoms in total. The molecule has 1 aromatic carbocycles. The molecule has 0 amide bonds. The van der Waals surface area contributed by atoms with Gasteiger partial charge in [0.2, 0.25) is 0 Å². The standard InChI is InChI=1S/C10H6BrNO2.C5H9ClO2.C5H11NO.B.Na.H/c11-8-5-7(10(13)14)4-6-2-1-3-12-9(6)8;1-4(2)3-8-5(6)7;1-6-2-4-7-5-3-6;;;/h1-5H,(H,13,14);4H,3H2,1-2H3;2-5H2,1H3;;;/q;;;;+1;-1. The van der Waals surface area contributed by atoms with Crippen LogP contribution in [0.3, 0.4) is 0 Å². The van der Waals surface area contributed by atoms with E-state index in [4.69, 9.17) is 21.4 Å². The van der Waals surface area contributed by atoms with Crippen molar-refractivity contribution >= 4 is 58.2 Å². The first-order valence-corrected chi connectivity index (χ1v) is 10.2. The van der Waals surface area contributed by atoms with E-state index in [0.717, 1.165) is 37.2 Å². The minimum absolute atomic E-state index is 0. The molecule has 1 N–H and O–H groups in total. The fourth-order valence-corrected chi connectivity index (χ4v) is 2.80. The Morgan fingerprint density at radius 1 is 1.35 bits per heavy atom. The van der Waals surface area contributed by atoms with E-state index in [1.165, 1.54) is 0 Å². The number of aromatic carboxylic acids is 1. The molecule has 1 aromatic heterocycles. The molecule has 2 aromatic rings. The van der Waals surface area contributed by atoms with Gasteiger partial charge in [-0.05, 0) is 47.1 Å². The molecule has 11 heteroatoms. The smallest absolute Gasteiger partial charge is 1.00 e. The van der Waals surface area contributed by atoms with Crippen LogP contribution in [0.15, 0.2) is 34.9 Å². The molecule has 0 spiro atoms. The Hall–Kier alpha value is -0.675. The third-order valence-corrected chi connectivity index (χ3v) is 4.38. The second-order valence-corrected chi connectivity index (χ2v) is 7.86. The topological polar surface area (TPSA) is 89.0 Å². The number of carbonyl (C=O) groups is 2. The molecule has 0 atom stereocenters. The Kier molecular flexibility index (Phi) is 18.7. The van der Waals surface area contributed by atoms with Gasteiger partial charge in [0, 0.05) is 49.2 Å². The SMILES string of the molecule is CC(C)COC(=O)Cl.CN1CCOCC1.O=C(O)c1cc(Br)c2ncccc2c1.[B].[H-].[Na+]. The van der Waals surface area contributed by atoms with Crippen LogP contribution in [0.4, 0.5) is 4.79 Å². The summed E-state index contributed by atoms with van der Waals surface area (Å²) in [6, 6.07) is 6.77. The van der Waals surface area contributed by atoms with Crippen LogP contribution in [0.2, 0.25) is 0 Å². The number of nitrogens with zero attached hydrogens (tertiary/aromatic N) is 2. The molecule has 1 fully saturated rings. The Morgan fingerprint density at radius 3 is 2.39 bits per heavy atom. The molecule has 31 heavy (non-hydrogen) atoms. The van der Waals surface area contributed by atoms with Crippen LogP contribution in [0.25, 0.3) is 10.9 Å². The molecule has 0 bridgehead atoms. The van der Waals surface area contributed by atoms with Crippen LogP contribution in [0.1, 0.15) is 25.6 Å². The van der Waals surface area contributed by atoms with Crippen LogP contribution < -0.4 is 29.6 Å². The average molecular weight is 525 g/mol. The Balaban J connectivity index is -0.000000407. The van der Waals surface area contributed by atoms with Gasteiger partial charge in [-0.2, -0.15) is 0 Å². The minimum Gasteiger partial charge on any atom is -1.00 e. The van der Waals surface area contributed by atoms with Gasteiger partial charge >= 0.3 is 41.0 Å². The van der Waals surface area contributed by atoms with Gasteiger partial charge in [-0.25, -0.2) is 9.59 Å². The molecule has 1 saturated heterocycles. The predicted octanol–water partition coefficient (Wildman–Crippen LogP) is 1.40. The molecule has 0 saturated carbocycles. The fourth-order valence-electron chi connectivity index (χ4n) is 2.16. The molecule has 2 heterocycles. The van der Waals surface area contributed by atoms with Crippen molar-refractivity contribution in [2.24, 2.45) is 5.92 Å². The number of benzene rings is 1. The third kappa shape index (κ3) is 14.2. The zero-order chi connectivity index (χ0) is 21.8. The van der Waals surface area contributed by atoms with E-state index in [1.807, 2.05) is 19.9 Å². The number of aromatic nitrogens is 1. The Bertz CT molecular complexity index is 817. The number of halogens is 2.